The van der Waals surface area contributed by atoms with Gasteiger partial charge >= 0.3 is 0 Å². The Kier molecular flexibility index (Phi) is 7.03. The van der Waals surface area contributed by atoms with E-state index in [1.807, 2.05) is 0 Å². The molecule has 3 fully saturated rings. The van der Waals surface area contributed by atoms with Crippen molar-refractivity contribution < 1.29 is 14.9 Å². The normalized spacial score (nSPS) is 33.2. The van der Waals surface area contributed by atoms with Crippen LogP contribution in [-0.4, -0.2) is 52.0 Å². The number of phenolic OH excluding ortho intramolecular Hbond substituents is 1. The minimum Gasteiger partial charge on any atom is -0.504 e. The second-order valence-electron chi connectivity index (χ2n) is 12.2. The van der Waals surface area contributed by atoms with Crippen LogP contribution in [0.5, 0.6) is 11.5 Å². The minimum absolute atomic E-state index is 0. The van der Waals surface area contributed by atoms with Crippen LogP contribution in [0.3, 0.4) is 0 Å². The van der Waals surface area contributed by atoms with Crippen LogP contribution in [0.4, 0.5) is 0 Å². The van der Waals surface area contributed by atoms with E-state index in [9.17, 15) is 10.2 Å². The van der Waals surface area contributed by atoms with Crippen molar-refractivity contribution in [3.8, 4) is 11.5 Å². The summed E-state index contributed by atoms with van der Waals surface area (Å²) in [5.41, 5.74) is 3.83. The lowest BCUT2D eigenvalue weighted by Gasteiger charge is -2.64. The van der Waals surface area contributed by atoms with Gasteiger partial charge < -0.3 is 20.3 Å². The summed E-state index contributed by atoms with van der Waals surface area (Å²) >= 11 is 0. The average molecular weight is 548 g/mol. The molecule has 2 bridgehead atoms. The van der Waals surface area contributed by atoms with E-state index in [1.165, 1.54) is 29.5 Å². The number of rotatable bonds is 6. The molecule has 2 saturated carbocycles. The topological polar surface area (TPSA) is 65.0 Å². The zero-order valence-electron chi connectivity index (χ0n) is 21.8. The smallest absolute Gasteiger partial charge is 0.165 e. The summed E-state index contributed by atoms with van der Waals surface area (Å²) in [4.78, 5) is 2.60. The van der Waals surface area contributed by atoms with Crippen molar-refractivity contribution in [2.45, 2.75) is 94.0 Å². The van der Waals surface area contributed by atoms with Crippen molar-refractivity contribution >= 4 is 24.8 Å². The van der Waals surface area contributed by atoms with Crippen molar-refractivity contribution in [3.05, 3.63) is 58.7 Å². The zero-order chi connectivity index (χ0) is 23.9. The molecule has 7 rings (SSSR count). The number of phenols is 1. The first-order chi connectivity index (χ1) is 16.9. The summed E-state index contributed by atoms with van der Waals surface area (Å²) in [5.74, 6) is 2.14. The number of nitrogens with zero attached hydrogens (tertiary/aromatic N) is 1. The highest BCUT2D eigenvalue weighted by Gasteiger charge is 2.72. The van der Waals surface area contributed by atoms with Crippen molar-refractivity contribution in [3.63, 3.8) is 0 Å². The highest BCUT2D eigenvalue weighted by molar-refractivity contribution is 5.85. The Morgan fingerprint density at radius 1 is 1.08 bits per heavy atom. The Labute approximate surface area is 232 Å². The van der Waals surface area contributed by atoms with Gasteiger partial charge in [-0.25, -0.2) is 0 Å². The van der Waals surface area contributed by atoms with Gasteiger partial charge in [-0.15, -0.1) is 24.8 Å². The van der Waals surface area contributed by atoms with Crippen LogP contribution < -0.4 is 10.1 Å². The minimum atomic E-state index is -0.815. The fourth-order valence-electron chi connectivity index (χ4n) is 8.19. The molecule has 2 aromatic carbocycles. The Bertz CT molecular complexity index is 1170. The molecule has 2 aromatic rings. The third-order valence-electron chi connectivity index (χ3n) is 9.99. The molecule has 1 saturated heterocycles. The molecular formula is C30H40Cl2N2O3. The molecule has 3 aliphatic carbocycles. The highest BCUT2D eigenvalue weighted by atomic mass is 35.5. The van der Waals surface area contributed by atoms with Crippen molar-refractivity contribution in [2.24, 2.45) is 5.92 Å². The maximum absolute atomic E-state index is 12.6. The number of piperidine rings is 1. The predicted octanol–water partition coefficient (Wildman–Crippen LogP) is 5.08. The molecule has 0 aromatic heterocycles. The molecule has 0 amide bonds. The van der Waals surface area contributed by atoms with Crippen molar-refractivity contribution in [2.75, 3.05) is 13.1 Å². The van der Waals surface area contributed by atoms with Gasteiger partial charge in [-0.1, -0.05) is 44.2 Å². The van der Waals surface area contributed by atoms with Crippen molar-refractivity contribution in [1.29, 1.82) is 0 Å². The van der Waals surface area contributed by atoms with Gasteiger partial charge in [0.2, 0.25) is 0 Å². The number of benzene rings is 2. The molecule has 202 valence electrons. The van der Waals surface area contributed by atoms with Gasteiger partial charge in [-0.05, 0) is 79.7 Å². The Morgan fingerprint density at radius 2 is 1.86 bits per heavy atom. The summed E-state index contributed by atoms with van der Waals surface area (Å²) in [5, 5.41) is 27.3. The van der Waals surface area contributed by atoms with Crippen molar-refractivity contribution in [1.82, 2.24) is 10.2 Å². The number of hydrogen-bond acceptors (Lipinski definition) is 5. The molecule has 37 heavy (non-hydrogen) atoms. The van der Waals surface area contributed by atoms with Gasteiger partial charge in [0.05, 0.1) is 11.0 Å². The number of likely N-dealkylation sites (tertiary alicyclic amines) is 1. The van der Waals surface area contributed by atoms with E-state index in [0.29, 0.717) is 11.7 Å². The van der Waals surface area contributed by atoms with E-state index in [-0.39, 0.29) is 48.8 Å². The number of hydrogen-bond donors (Lipinski definition) is 3. The van der Waals surface area contributed by atoms with Crippen LogP contribution >= 0.6 is 24.8 Å². The Morgan fingerprint density at radius 3 is 2.62 bits per heavy atom. The van der Waals surface area contributed by atoms with Crippen LogP contribution in [0.2, 0.25) is 0 Å². The quantitative estimate of drug-likeness (QED) is 0.471. The average Bonchev–Trinajstić information content (AvgIpc) is 3.59. The van der Waals surface area contributed by atoms with Crippen LogP contribution in [0.25, 0.3) is 0 Å². The van der Waals surface area contributed by atoms with Crippen LogP contribution in [0, 0.1) is 5.92 Å². The monoisotopic (exact) mass is 546 g/mol. The number of halogens is 2. The van der Waals surface area contributed by atoms with Gasteiger partial charge in [-0.3, -0.25) is 4.90 Å². The standard InChI is InChI=1S/C30H38N2O3.2ClH/c1-18(2)22-6-4-3-5-21(22)16-31-23-11-12-30(34)25-15-20-9-10-24(33)27-26(20)29(30,28(23)35-27)13-14-32(25)17-19-7-8-19;;/h3-6,9-10,18-19,23,25,28,31,33-34H,7-8,11-17H2,1-2H3;2*1H/t23-,25-,28-,29+,30-;;/m1../s1. The number of ether oxygens (including phenoxy) is 1. The summed E-state index contributed by atoms with van der Waals surface area (Å²) in [6, 6.07) is 12.8. The summed E-state index contributed by atoms with van der Waals surface area (Å²) in [6.07, 6.45) is 5.89. The fraction of sp³-hybridized carbons (Fsp3) is 0.600. The van der Waals surface area contributed by atoms with Crippen LogP contribution in [0.1, 0.15) is 74.1 Å². The second kappa shape index (κ2) is 9.60. The number of nitrogens with one attached hydrogen (secondary N) is 1. The summed E-state index contributed by atoms with van der Waals surface area (Å²) in [6.45, 7) is 7.40. The van der Waals surface area contributed by atoms with Gasteiger partial charge in [0.25, 0.3) is 0 Å². The molecule has 5 atom stereocenters. The maximum atomic E-state index is 12.6. The molecule has 7 heteroatoms. The highest BCUT2D eigenvalue weighted by Crippen LogP contribution is 2.65. The predicted molar refractivity (Wildman–Crippen MR) is 150 cm³/mol. The van der Waals surface area contributed by atoms with E-state index < -0.39 is 11.0 Å². The van der Waals surface area contributed by atoms with E-state index >= 15 is 0 Å². The lowest BCUT2D eigenvalue weighted by atomic mass is 9.48. The largest absolute Gasteiger partial charge is 0.504 e. The molecule has 0 radical (unpaired) electrons. The molecule has 1 spiro atoms. The number of aromatic hydroxyl groups is 1. The zero-order valence-corrected chi connectivity index (χ0v) is 23.4. The molecule has 5 aliphatic rings. The summed E-state index contributed by atoms with van der Waals surface area (Å²) < 4.78 is 6.69. The lowest BCUT2D eigenvalue weighted by molar-refractivity contribution is -0.191. The molecule has 0 unspecified atom stereocenters. The Hall–Kier alpha value is -1.50. The first kappa shape index (κ1) is 27.1. The first-order valence-electron chi connectivity index (χ1n) is 13.7. The third-order valence-corrected chi connectivity index (χ3v) is 9.99. The van der Waals surface area contributed by atoms with Crippen LogP contribution in [0.15, 0.2) is 36.4 Å². The molecule has 2 aliphatic heterocycles. The second-order valence-corrected chi connectivity index (χ2v) is 12.2. The third kappa shape index (κ3) is 3.83. The molecule has 2 heterocycles. The lowest BCUT2D eigenvalue weighted by Crippen LogP contribution is -2.78. The van der Waals surface area contributed by atoms with Gasteiger partial charge in [-0.2, -0.15) is 0 Å². The molecule has 3 N–H and O–H groups in total. The molecule has 5 nitrogen and oxygen atoms in total. The summed E-state index contributed by atoms with van der Waals surface area (Å²) in [7, 11) is 0. The van der Waals surface area contributed by atoms with Gasteiger partial charge in [0, 0.05) is 30.7 Å². The Balaban J connectivity index is 0.00000140. The number of aliphatic hydroxyl groups is 1. The van der Waals surface area contributed by atoms with Gasteiger partial charge in [0.1, 0.15) is 6.10 Å². The first-order valence-corrected chi connectivity index (χ1v) is 13.7. The van der Waals surface area contributed by atoms with E-state index in [0.717, 1.165) is 56.8 Å². The van der Waals surface area contributed by atoms with E-state index in [2.05, 4.69) is 54.4 Å². The maximum Gasteiger partial charge on any atom is 0.165 e. The van der Waals surface area contributed by atoms with Gasteiger partial charge in [0.15, 0.2) is 11.5 Å². The fourth-order valence-corrected chi connectivity index (χ4v) is 8.19. The SMILES string of the molecule is CC(C)c1ccccc1CN[C@@H]1CC[C@@]2(O)[C@H]3Cc4ccc(O)c5c4[C@@]2(CCN3CC2CC2)[C@@H]1O5.Cl.Cl. The van der Waals surface area contributed by atoms with Crippen LogP contribution in [-0.2, 0) is 18.4 Å². The molecular weight excluding hydrogens is 507 g/mol. The van der Waals surface area contributed by atoms with E-state index in [4.69, 9.17) is 4.74 Å². The van der Waals surface area contributed by atoms with E-state index in [1.54, 1.807) is 6.07 Å².